The number of amides is 1. The molecule has 3 aromatic carbocycles. The van der Waals surface area contributed by atoms with E-state index in [-0.39, 0.29) is 18.6 Å². The van der Waals surface area contributed by atoms with Gasteiger partial charge in [0.2, 0.25) is 0 Å². The van der Waals surface area contributed by atoms with Crippen molar-refractivity contribution in [3.05, 3.63) is 81.8 Å². The van der Waals surface area contributed by atoms with Crippen LogP contribution in [-0.4, -0.2) is 50.9 Å². The number of aldehydes is 1. The van der Waals surface area contributed by atoms with Gasteiger partial charge in [0.05, 0.1) is 33.1 Å². The van der Waals surface area contributed by atoms with E-state index >= 15 is 0 Å². The number of hydrogen-bond acceptors (Lipinski definition) is 7. The van der Waals surface area contributed by atoms with Gasteiger partial charge >= 0.3 is 0 Å². The lowest BCUT2D eigenvalue weighted by Crippen LogP contribution is -2.31. The predicted octanol–water partition coefficient (Wildman–Crippen LogP) is 5.04. The van der Waals surface area contributed by atoms with Crippen LogP contribution in [0.5, 0.6) is 23.0 Å². The SMILES string of the molecule is COc1ccc(C2CC(c3ccc(Br)cc3)=NN2C(=O)COc2ccc(C=O)cc2OC)cc1OC. The van der Waals surface area contributed by atoms with Crippen molar-refractivity contribution in [1.29, 1.82) is 0 Å². The van der Waals surface area contributed by atoms with Crippen LogP contribution in [-0.2, 0) is 4.79 Å². The van der Waals surface area contributed by atoms with Crippen LogP contribution >= 0.6 is 15.9 Å². The number of methoxy groups -OCH3 is 3. The number of rotatable bonds is 9. The number of carbonyl (C=O) groups excluding carboxylic acids is 2. The molecule has 0 bridgehead atoms. The molecule has 0 aliphatic carbocycles. The van der Waals surface area contributed by atoms with Crippen molar-refractivity contribution in [1.82, 2.24) is 5.01 Å². The Labute approximate surface area is 217 Å². The number of carbonyl (C=O) groups is 2. The molecular formula is C27H25BrN2O6. The van der Waals surface area contributed by atoms with E-state index < -0.39 is 0 Å². The average Bonchev–Trinajstić information content (AvgIpc) is 3.37. The lowest BCUT2D eigenvalue weighted by Gasteiger charge is -2.23. The molecular weight excluding hydrogens is 528 g/mol. The molecule has 1 aliphatic rings. The average molecular weight is 553 g/mol. The van der Waals surface area contributed by atoms with Crippen LogP contribution in [0, 0.1) is 0 Å². The zero-order chi connectivity index (χ0) is 25.7. The Morgan fingerprint density at radius 3 is 2.28 bits per heavy atom. The Morgan fingerprint density at radius 2 is 1.61 bits per heavy atom. The molecule has 1 aliphatic heterocycles. The summed E-state index contributed by atoms with van der Waals surface area (Å²) in [5.74, 6) is 1.55. The van der Waals surface area contributed by atoms with Gasteiger partial charge in [-0.2, -0.15) is 5.10 Å². The normalized spacial score (nSPS) is 14.7. The molecule has 0 saturated carbocycles. The van der Waals surface area contributed by atoms with Crippen LogP contribution in [0.1, 0.15) is 33.9 Å². The van der Waals surface area contributed by atoms with E-state index in [0.29, 0.717) is 41.3 Å². The molecule has 8 nitrogen and oxygen atoms in total. The van der Waals surface area contributed by atoms with Crippen molar-refractivity contribution >= 4 is 33.8 Å². The summed E-state index contributed by atoms with van der Waals surface area (Å²) in [6, 6.07) is 17.7. The first-order valence-corrected chi connectivity index (χ1v) is 11.9. The Morgan fingerprint density at radius 1 is 0.944 bits per heavy atom. The third-order valence-electron chi connectivity index (χ3n) is 5.81. The number of halogens is 1. The van der Waals surface area contributed by atoms with Gasteiger partial charge in [0.15, 0.2) is 29.6 Å². The van der Waals surface area contributed by atoms with E-state index in [1.165, 1.54) is 12.1 Å². The highest BCUT2D eigenvalue weighted by Crippen LogP contribution is 2.37. The largest absolute Gasteiger partial charge is 0.493 e. The molecule has 1 amide bonds. The highest BCUT2D eigenvalue weighted by molar-refractivity contribution is 9.10. The van der Waals surface area contributed by atoms with Gasteiger partial charge in [-0.25, -0.2) is 5.01 Å². The molecule has 0 spiro atoms. The first-order chi connectivity index (χ1) is 17.5. The predicted molar refractivity (Wildman–Crippen MR) is 138 cm³/mol. The standard InChI is InChI=1S/C27H25BrN2O6/c1-33-23-11-7-19(13-26(23)35-3)22-14-21(18-5-8-20(28)9-6-18)29-30(22)27(32)16-36-24-10-4-17(15-31)12-25(24)34-2/h4-13,15,22H,14,16H2,1-3H3. The third-order valence-corrected chi connectivity index (χ3v) is 6.34. The second kappa shape index (κ2) is 11.3. The number of benzene rings is 3. The Kier molecular flexibility index (Phi) is 7.90. The van der Waals surface area contributed by atoms with Crippen molar-refractivity contribution in [2.24, 2.45) is 5.10 Å². The van der Waals surface area contributed by atoms with Gasteiger partial charge in [0, 0.05) is 16.5 Å². The van der Waals surface area contributed by atoms with Crippen molar-refractivity contribution in [2.45, 2.75) is 12.5 Å². The summed E-state index contributed by atoms with van der Waals surface area (Å²) in [5, 5.41) is 6.13. The third kappa shape index (κ3) is 5.36. The van der Waals surface area contributed by atoms with Gasteiger partial charge in [-0.15, -0.1) is 0 Å². The van der Waals surface area contributed by atoms with Crippen molar-refractivity contribution in [3.8, 4) is 23.0 Å². The molecule has 1 heterocycles. The van der Waals surface area contributed by atoms with Gasteiger partial charge in [-0.05, 0) is 53.6 Å². The minimum absolute atomic E-state index is 0.266. The fraction of sp³-hybridized carbons (Fsp3) is 0.222. The zero-order valence-electron chi connectivity index (χ0n) is 20.1. The molecule has 0 N–H and O–H groups in total. The van der Waals surface area contributed by atoms with E-state index in [4.69, 9.17) is 18.9 Å². The van der Waals surface area contributed by atoms with Crippen molar-refractivity contribution in [2.75, 3.05) is 27.9 Å². The second-order valence-corrected chi connectivity index (χ2v) is 8.86. The number of hydrazone groups is 1. The maximum absolute atomic E-state index is 13.4. The molecule has 0 radical (unpaired) electrons. The molecule has 0 saturated heterocycles. The van der Waals surface area contributed by atoms with E-state index in [1.54, 1.807) is 32.4 Å². The van der Waals surface area contributed by atoms with E-state index in [1.807, 2.05) is 42.5 Å². The first kappa shape index (κ1) is 25.2. The maximum atomic E-state index is 13.4. The fourth-order valence-electron chi connectivity index (χ4n) is 3.96. The van der Waals surface area contributed by atoms with E-state index in [2.05, 4.69) is 21.0 Å². The monoisotopic (exact) mass is 552 g/mol. The van der Waals surface area contributed by atoms with E-state index in [9.17, 15) is 9.59 Å². The molecule has 0 fully saturated rings. The quantitative estimate of drug-likeness (QED) is 0.345. The summed E-state index contributed by atoms with van der Waals surface area (Å²) >= 11 is 3.45. The van der Waals surface area contributed by atoms with Crippen LogP contribution < -0.4 is 18.9 Å². The summed E-state index contributed by atoms with van der Waals surface area (Å²) < 4.78 is 22.9. The Hall–Kier alpha value is -3.85. The molecule has 186 valence electrons. The number of nitrogens with zero attached hydrogens (tertiary/aromatic N) is 2. The summed E-state index contributed by atoms with van der Waals surface area (Å²) in [4.78, 5) is 24.4. The van der Waals surface area contributed by atoms with Gasteiger partial charge in [0.1, 0.15) is 6.29 Å². The van der Waals surface area contributed by atoms with Crippen molar-refractivity contribution < 1.29 is 28.5 Å². The lowest BCUT2D eigenvalue weighted by atomic mass is 9.98. The van der Waals surface area contributed by atoms with Crippen LogP contribution in [0.4, 0.5) is 0 Å². The Balaban J connectivity index is 1.62. The minimum atomic E-state index is -0.362. The first-order valence-electron chi connectivity index (χ1n) is 11.1. The van der Waals surface area contributed by atoms with Crippen LogP contribution in [0.2, 0.25) is 0 Å². The molecule has 0 aromatic heterocycles. The van der Waals surface area contributed by atoms with Crippen LogP contribution in [0.3, 0.4) is 0 Å². The molecule has 3 aromatic rings. The second-order valence-electron chi connectivity index (χ2n) is 7.94. The summed E-state index contributed by atoms with van der Waals surface area (Å²) in [5.41, 5.74) is 3.00. The van der Waals surface area contributed by atoms with Crippen LogP contribution in [0.15, 0.2) is 70.2 Å². The minimum Gasteiger partial charge on any atom is -0.493 e. The molecule has 1 atom stereocenters. The highest BCUT2D eigenvalue weighted by Gasteiger charge is 2.34. The summed E-state index contributed by atoms with van der Waals surface area (Å²) in [6.07, 6.45) is 1.23. The van der Waals surface area contributed by atoms with Gasteiger partial charge in [0.25, 0.3) is 5.91 Å². The zero-order valence-corrected chi connectivity index (χ0v) is 21.7. The molecule has 1 unspecified atom stereocenters. The van der Waals surface area contributed by atoms with Gasteiger partial charge in [-0.3, -0.25) is 9.59 Å². The van der Waals surface area contributed by atoms with Crippen molar-refractivity contribution in [3.63, 3.8) is 0 Å². The molecule has 4 rings (SSSR count). The number of hydrogen-bond donors (Lipinski definition) is 0. The molecule has 36 heavy (non-hydrogen) atoms. The van der Waals surface area contributed by atoms with Gasteiger partial charge in [-0.1, -0.05) is 34.1 Å². The summed E-state index contributed by atoms with van der Waals surface area (Å²) in [6.45, 7) is -0.266. The van der Waals surface area contributed by atoms with E-state index in [0.717, 1.165) is 21.3 Å². The number of ether oxygens (including phenoxy) is 4. The van der Waals surface area contributed by atoms with Crippen LogP contribution in [0.25, 0.3) is 0 Å². The van der Waals surface area contributed by atoms with Gasteiger partial charge < -0.3 is 18.9 Å². The Bertz CT molecular complexity index is 1290. The fourth-order valence-corrected chi connectivity index (χ4v) is 4.22. The summed E-state index contributed by atoms with van der Waals surface area (Å²) in [7, 11) is 4.62. The topological polar surface area (TPSA) is 86.7 Å². The molecule has 9 heteroatoms. The smallest absolute Gasteiger partial charge is 0.281 e. The highest BCUT2D eigenvalue weighted by atomic mass is 79.9. The maximum Gasteiger partial charge on any atom is 0.281 e. The lowest BCUT2D eigenvalue weighted by molar-refractivity contribution is -0.135.